The van der Waals surface area contributed by atoms with Gasteiger partial charge in [-0.15, -0.1) is 11.3 Å². The largest absolute Gasteiger partial charge is 0.398 e. The van der Waals surface area contributed by atoms with Gasteiger partial charge in [-0.25, -0.2) is 4.98 Å². The SMILES string of the molecule is CC.CNCc1cccc(N)c1C=N.Cn1c(C=O)c(C=N)c2sc(C(C#N)c3ccccc3)nc21. The zero-order valence-corrected chi connectivity index (χ0v) is 21.7. The zero-order chi connectivity index (χ0) is 26.7. The number of nitriles is 1. The fourth-order valence-corrected chi connectivity index (χ4v) is 4.81. The summed E-state index contributed by atoms with van der Waals surface area (Å²) >= 11 is 1.36. The van der Waals surface area contributed by atoms with Crippen molar-refractivity contribution in [2.24, 2.45) is 7.05 Å². The number of anilines is 1. The van der Waals surface area contributed by atoms with Crippen LogP contribution in [0, 0.1) is 22.1 Å². The van der Waals surface area contributed by atoms with Gasteiger partial charge in [0.2, 0.25) is 0 Å². The second kappa shape index (κ2) is 13.7. The highest BCUT2D eigenvalue weighted by atomic mass is 32.1. The summed E-state index contributed by atoms with van der Waals surface area (Å²) in [5.74, 6) is -0.447. The molecule has 186 valence electrons. The van der Waals surface area contributed by atoms with Gasteiger partial charge in [0.25, 0.3) is 0 Å². The highest BCUT2D eigenvalue weighted by molar-refractivity contribution is 7.19. The van der Waals surface area contributed by atoms with Crippen molar-refractivity contribution in [1.29, 1.82) is 16.1 Å². The fourth-order valence-electron chi connectivity index (χ4n) is 3.62. The molecule has 0 saturated carbocycles. The first kappa shape index (κ1) is 28.1. The fraction of sp³-hybridized carbons (Fsp3) is 0.222. The summed E-state index contributed by atoms with van der Waals surface area (Å²) < 4.78 is 2.44. The Morgan fingerprint density at radius 3 is 2.36 bits per heavy atom. The summed E-state index contributed by atoms with van der Waals surface area (Å²) in [6.07, 6.45) is 3.19. The molecule has 5 N–H and O–H groups in total. The minimum atomic E-state index is -0.447. The standard InChI is InChI=1S/C16H12N4OS.C9H13N3.C2H6/c1-20-13(9-21)12(8-18)14-15(20)19-16(22-14)11(7-17)10-5-3-2-4-6-10;1-12-6-7-3-2-4-9(11)8(7)5-10;1-2/h2-6,8-9,11,18H,1H3;2-5,10,12H,6,11H2,1H3;1-2H3. The number of fused-ring (bicyclic) bond motifs is 1. The zero-order valence-electron chi connectivity index (χ0n) is 20.9. The van der Waals surface area contributed by atoms with Gasteiger partial charge >= 0.3 is 0 Å². The third-order valence-corrected chi connectivity index (χ3v) is 6.47. The van der Waals surface area contributed by atoms with Gasteiger partial charge < -0.3 is 26.4 Å². The molecule has 0 spiro atoms. The maximum atomic E-state index is 11.2. The number of thiazole rings is 1. The smallest absolute Gasteiger partial charge is 0.167 e. The van der Waals surface area contributed by atoms with Crippen LogP contribution in [0.2, 0.25) is 0 Å². The molecule has 1 unspecified atom stereocenters. The Labute approximate surface area is 215 Å². The predicted octanol–water partition coefficient (Wildman–Crippen LogP) is 5.11. The van der Waals surface area contributed by atoms with Crippen LogP contribution >= 0.6 is 11.3 Å². The van der Waals surface area contributed by atoms with Gasteiger partial charge in [0.1, 0.15) is 10.9 Å². The Kier molecular flexibility index (Phi) is 10.7. The van der Waals surface area contributed by atoms with E-state index < -0.39 is 5.92 Å². The van der Waals surface area contributed by atoms with Gasteiger partial charge in [-0.2, -0.15) is 5.26 Å². The number of nitrogens with two attached hydrogens (primary N) is 1. The number of aldehydes is 1. The van der Waals surface area contributed by atoms with E-state index in [1.807, 2.05) is 63.4 Å². The highest BCUT2D eigenvalue weighted by Gasteiger charge is 2.23. The van der Waals surface area contributed by atoms with Crippen molar-refractivity contribution in [1.82, 2.24) is 14.9 Å². The van der Waals surface area contributed by atoms with E-state index in [9.17, 15) is 10.1 Å². The number of aryl methyl sites for hydroxylation is 1. The van der Waals surface area contributed by atoms with Crippen molar-refractivity contribution in [3.05, 3.63) is 81.5 Å². The molecular weight excluding hydrogens is 470 g/mol. The summed E-state index contributed by atoms with van der Waals surface area (Å²) in [7, 11) is 3.61. The van der Waals surface area contributed by atoms with Crippen LogP contribution < -0.4 is 11.1 Å². The Hall–Kier alpha value is -4.13. The monoisotopic (exact) mass is 501 g/mol. The lowest BCUT2D eigenvalue weighted by Crippen LogP contribution is -2.08. The number of rotatable bonds is 7. The molecule has 0 saturated heterocycles. The Bertz CT molecular complexity index is 1370. The van der Waals surface area contributed by atoms with Crippen molar-refractivity contribution in [3.63, 3.8) is 0 Å². The molecule has 0 radical (unpaired) electrons. The van der Waals surface area contributed by atoms with Crippen LogP contribution in [-0.2, 0) is 13.6 Å². The van der Waals surface area contributed by atoms with E-state index in [-0.39, 0.29) is 0 Å². The van der Waals surface area contributed by atoms with Crippen LogP contribution in [0.25, 0.3) is 10.3 Å². The number of nitrogen functional groups attached to an aromatic ring is 1. The van der Waals surface area contributed by atoms with Crippen LogP contribution in [0.5, 0.6) is 0 Å². The van der Waals surface area contributed by atoms with Gasteiger partial charge in [0.05, 0.1) is 16.5 Å². The molecule has 0 aliphatic carbocycles. The molecule has 8 nitrogen and oxygen atoms in total. The second-order valence-electron chi connectivity index (χ2n) is 7.39. The third-order valence-electron chi connectivity index (χ3n) is 5.33. The lowest BCUT2D eigenvalue weighted by molar-refractivity contribution is 0.111. The number of nitrogens with one attached hydrogen (secondary N) is 3. The predicted molar refractivity (Wildman–Crippen MR) is 149 cm³/mol. The summed E-state index contributed by atoms with van der Waals surface area (Å²) in [6.45, 7) is 4.75. The van der Waals surface area contributed by atoms with E-state index in [0.29, 0.717) is 27.6 Å². The topological polar surface area (TPSA) is 144 Å². The van der Waals surface area contributed by atoms with Crippen molar-refractivity contribution < 1.29 is 4.79 Å². The summed E-state index contributed by atoms with van der Waals surface area (Å²) in [5.41, 5.74) is 10.7. The molecule has 0 bridgehead atoms. The van der Waals surface area contributed by atoms with Gasteiger partial charge in [0.15, 0.2) is 11.9 Å². The Morgan fingerprint density at radius 2 is 1.81 bits per heavy atom. The Balaban J connectivity index is 0.000000277. The first-order valence-corrected chi connectivity index (χ1v) is 12.2. The van der Waals surface area contributed by atoms with E-state index in [1.54, 1.807) is 17.7 Å². The summed E-state index contributed by atoms with van der Waals surface area (Å²) in [5, 5.41) is 27.9. The van der Waals surface area contributed by atoms with Gasteiger partial charge in [-0.05, 0) is 24.2 Å². The molecule has 2 aromatic heterocycles. The number of hydrogen-bond acceptors (Lipinski definition) is 8. The normalized spacial score (nSPS) is 10.8. The number of benzene rings is 2. The van der Waals surface area contributed by atoms with E-state index in [4.69, 9.17) is 16.6 Å². The number of hydrogen-bond donors (Lipinski definition) is 4. The molecule has 9 heteroatoms. The molecule has 4 aromatic rings. The molecule has 1 atom stereocenters. The molecule has 0 fully saturated rings. The highest BCUT2D eigenvalue weighted by Crippen LogP contribution is 2.34. The van der Waals surface area contributed by atoms with Crippen LogP contribution in [0.1, 0.15) is 57.5 Å². The average Bonchev–Trinajstić information content (AvgIpc) is 3.44. The van der Waals surface area contributed by atoms with E-state index in [2.05, 4.69) is 16.4 Å². The van der Waals surface area contributed by atoms with Crippen LogP contribution in [0.4, 0.5) is 5.69 Å². The van der Waals surface area contributed by atoms with Crippen molar-refractivity contribution >= 4 is 46.1 Å². The molecule has 0 aliphatic rings. The van der Waals surface area contributed by atoms with Crippen LogP contribution in [0.3, 0.4) is 0 Å². The van der Waals surface area contributed by atoms with Crippen molar-refractivity contribution in [2.75, 3.05) is 12.8 Å². The average molecular weight is 502 g/mol. The summed E-state index contributed by atoms with van der Waals surface area (Å²) in [6, 6.07) is 17.4. The van der Waals surface area contributed by atoms with E-state index >= 15 is 0 Å². The molecular formula is C27H31N7OS. The molecule has 0 amide bonds. The number of carbonyl (C=O) groups is 1. The van der Waals surface area contributed by atoms with Gasteiger partial charge in [-0.1, -0.05) is 56.3 Å². The lowest BCUT2D eigenvalue weighted by Gasteiger charge is -2.06. The minimum Gasteiger partial charge on any atom is -0.398 e. The molecule has 4 rings (SSSR count). The van der Waals surface area contributed by atoms with E-state index in [1.165, 1.54) is 17.6 Å². The first-order chi connectivity index (χ1) is 17.5. The maximum absolute atomic E-state index is 11.2. The van der Waals surface area contributed by atoms with E-state index in [0.717, 1.165) is 40.4 Å². The maximum Gasteiger partial charge on any atom is 0.167 e. The quantitative estimate of drug-likeness (QED) is 0.158. The Morgan fingerprint density at radius 1 is 1.14 bits per heavy atom. The first-order valence-electron chi connectivity index (χ1n) is 11.4. The molecule has 2 heterocycles. The number of carbonyl (C=O) groups excluding carboxylic acids is 1. The van der Waals surface area contributed by atoms with Crippen molar-refractivity contribution in [2.45, 2.75) is 26.3 Å². The lowest BCUT2D eigenvalue weighted by atomic mass is 10.0. The third kappa shape index (κ3) is 5.92. The molecule has 36 heavy (non-hydrogen) atoms. The summed E-state index contributed by atoms with van der Waals surface area (Å²) in [4.78, 5) is 15.7. The number of aromatic nitrogens is 2. The van der Waals surface area contributed by atoms with Crippen LogP contribution in [-0.4, -0.2) is 35.3 Å². The van der Waals surface area contributed by atoms with Crippen LogP contribution in [0.15, 0.2) is 48.5 Å². The minimum absolute atomic E-state index is 0.434. The van der Waals surface area contributed by atoms with Crippen molar-refractivity contribution in [3.8, 4) is 6.07 Å². The van der Waals surface area contributed by atoms with Gasteiger partial charge in [-0.3, -0.25) is 4.79 Å². The number of nitrogens with zero attached hydrogens (tertiary/aromatic N) is 3. The van der Waals surface area contributed by atoms with Gasteiger partial charge in [0, 0.05) is 42.8 Å². The molecule has 0 aliphatic heterocycles. The molecule has 2 aromatic carbocycles. The second-order valence-corrected chi connectivity index (χ2v) is 8.42.